The number of benzene rings is 1. The number of ether oxygens (including phenoxy) is 1. The van der Waals surface area contributed by atoms with Gasteiger partial charge in [0.1, 0.15) is 0 Å². The minimum Gasteiger partial charge on any atom is -0.478 e. The Labute approximate surface area is 110 Å². The first kappa shape index (κ1) is 14.7. The van der Waals surface area contributed by atoms with Crippen LogP contribution in [0.25, 0.3) is 0 Å². The van der Waals surface area contributed by atoms with Gasteiger partial charge >= 0.3 is 11.9 Å². The van der Waals surface area contributed by atoms with E-state index in [1.54, 1.807) is 0 Å². The number of amides is 1. The summed E-state index contributed by atoms with van der Waals surface area (Å²) in [5.74, 6) is -2.44. The third kappa shape index (κ3) is 4.09. The summed E-state index contributed by atoms with van der Waals surface area (Å²) in [4.78, 5) is 33.3. The highest BCUT2D eigenvalue weighted by Gasteiger charge is 2.21. The number of carboxylic acid groups (broad SMARTS) is 1. The quantitative estimate of drug-likeness (QED) is 0.767. The van der Waals surface area contributed by atoms with Gasteiger partial charge in [-0.3, -0.25) is 9.59 Å². The molecule has 19 heavy (non-hydrogen) atoms. The normalized spacial score (nSPS) is 11.5. The van der Waals surface area contributed by atoms with Gasteiger partial charge in [-0.1, -0.05) is 12.1 Å². The molecular weight excluding hydrogens is 250 g/mol. The van der Waals surface area contributed by atoms with Crippen molar-refractivity contribution >= 4 is 17.8 Å². The van der Waals surface area contributed by atoms with Gasteiger partial charge in [-0.15, -0.1) is 0 Å². The maximum absolute atomic E-state index is 11.7. The molecule has 1 atom stereocenters. The van der Waals surface area contributed by atoms with Gasteiger partial charge in [0.05, 0.1) is 18.6 Å². The summed E-state index contributed by atoms with van der Waals surface area (Å²) in [6.45, 7) is 1.45. The van der Waals surface area contributed by atoms with E-state index >= 15 is 0 Å². The molecule has 6 nitrogen and oxygen atoms in total. The predicted octanol–water partition coefficient (Wildman–Crippen LogP) is 0.777. The predicted molar refractivity (Wildman–Crippen MR) is 66.8 cm³/mol. The zero-order valence-electron chi connectivity index (χ0n) is 10.7. The Balaban J connectivity index is 2.93. The third-order valence-corrected chi connectivity index (χ3v) is 2.60. The molecule has 0 fully saturated rings. The van der Waals surface area contributed by atoms with Gasteiger partial charge in [0.15, 0.2) is 0 Å². The summed E-state index contributed by atoms with van der Waals surface area (Å²) in [6, 6.07) is 5.88. The lowest BCUT2D eigenvalue weighted by Gasteiger charge is -2.15. The van der Waals surface area contributed by atoms with Crippen molar-refractivity contribution in [2.24, 2.45) is 0 Å². The molecule has 0 aliphatic rings. The molecule has 0 saturated heterocycles. The summed E-state index contributed by atoms with van der Waals surface area (Å²) in [6.07, 6.45) is 0. The monoisotopic (exact) mass is 265 g/mol. The molecule has 0 aliphatic heterocycles. The van der Waals surface area contributed by atoms with Gasteiger partial charge in [0, 0.05) is 13.5 Å². The highest BCUT2D eigenvalue weighted by molar-refractivity contribution is 5.88. The maximum Gasteiger partial charge on any atom is 0.335 e. The molecule has 0 saturated carbocycles. The molecule has 0 aliphatic carbocycles. The summed E-state index contributed by atoms with van der Waals surface area (Å²) in [5.41, 5.74) is 0.720. The maximum atomic E-state index is 11.7. The molecule has 1 aromatic rings. The molecule has 0 heterocycles. The summed E-state index contributed by atoms with van der Waals surface area (Å²) in [7, 11) is 1.26. The van der Waals surface area contributed by atoms with Crippen LogP contribution in [0.1, 0.15) is 28.8 Å². The number of esters is 1. The number of methoxy groups -OCH3 is 1. The van der Waals surface area contributed by atoms with Crippen molar-refractivity contribution in [2.75, 3.05) is 13.7 Å². The topological polar surface area (TPSA) is 92.7 Å². The van der Waals surface area contributed by atoms with E-state index in [1.807, 2.05) is 0 Å². The van der Waals surface area contributed by atoms with Crippen LogP contribution >= 0.6 is 0 Å². The van der Waals surface area contributed by atoms with Crippen molar-refractivity contribution in [2.45, 2.75) is 12.8 Å². The molecule has 0 spiro atoms. The van der Waals surface area contributed by atoms with Crippen LogP contribution in [-0.4, -0.2) is 36.6 Å². The van der Waals surface area contributed by atoms with Crippen molar-refractivity contribution in [1.82, 2.24) is 5.32 Å². The standard InChI is InChI=1S/C13H15NO5/c1-8(15)14-7-11(13(18)19-2)9-3-5-10(6-4-9)12(16)17/h3-6,11H,7H2,1-2H3,(H,14,15)(H,16,17). The first-order chi connectivity index (χ1) is 8.95. The second-order valence-corrected chi connectivity index (χ2v) is 3.94. The Bertz CT molecular complexity index is 480. The van der Waals surface area contributed by atoms with Gasteiger partial charge in [0.25, 0.3) is 0 Å². The number of hydrogen-bond donors (Lipinski definition) is 2. The molecule has 102 valence electrons. The van der Waals surface area contributed by atoms with Crippen LogP contribution in [0.3, 0.4) is 0 Å². The van der Waals surface area contributed by atoms with E-state index in [-0.39, 0.29) is 18.0 Å². The number of rotatable bonds is 5. The summed E-state index contributed by atoms with van der Waals surface area (Å²) >= 11 is 0. The molecule has 0 aromatic heterocycles. The van der Waals surface area contributed by atoms with E-state index in [2.05, 4.69) is 10.1 Å². The molecule has 0 bridgehead atoms. The molecule has 1 aromatic carbocycles. The lowest BCUT2D eigenvalue weighted by Crippen LogP contribution is -2.30. The average Bonchev–Trinajstić information content (AvgIpc) is 2.38. The van der Waals surface area contributed by atoms with Gasteiger partial charge in [0.2, 0.25) is 5.91 Å². The first-order valence-corrected chi connectivity index (χ1v) is 5.61. The molecular formula is C13H15NO5. The van der Waals surface area contributed by atoms with Crippen LogP contribution in [0.2, 0.25) is 0 Å². The minimum atomic E-state index is -1.04. The smallest absolute Gasteiger partial charge is 0.335 e. The van der Waals surface area contributed by atoms with Gasteiger partial charge in [-0.05, 0) is 17.7 Å². The summed E-state index contributed by atoms with van der Waals surface area (Å²) < 4.78 is 4.67. The second-order valence-electron chi connectivity index (χ2n) is 3.94. The van der Waals surface area contributed by atoms with E-state index in [0.29, 0.717) is 5.56 Å². The molecule has 6 heteroatoms. The van der Waals surface area contributed by atoms with Crippen LogP contribution in [0.4, 0.5) is 0 Å². The van der Waals surface area contributed by atoms with E-state index in [4.69, 9.17) is 5.11 Å². The third-order valence-electron chi connectivity index (χ3n) is 2.60. The summed E-state index contributed by atoms with van der Waals surface area (Å²) in [5, 5.41) is 11.3. The number of aromatic carboxylic acids is 1. The van der Waals surface area contributed by atoms with E-state index in [1.165, 1.54) is 38.3 Å². The zero-order chi connectivity index (χ0) is 14.4. The molecule has 1 rings (SSSR count). The van der Waals surface area contributed by atoms with Crippen LogP contribution in [0.15, 0.2) is 24.3 Å². The number of carboxylic acids is 1. The van der Waals surface area contributed by atoms with Crippen LogP contribution in [0.5, 0.6) is 0 Å². The highest BCUT2D eigenvalue weighted by atomic mass is 16.5. The van der Waals surface area contributed by atoms with Crippen molar-refractivity contribution in [3.05, 3.63) is 35.4 Å². The van der Waals surface area contributed by atoms with Gasteiger partial charge in [-0.25, -0.2) is 4.79 Å². The molecule has 1 amide bonds. The Morgan fingerprint density at radius 1 is 1.26 bits per heavy atom. The largest absolute Gasteiger partial charge is 0.478 e. The van der Waals surface area contributed by atoms with Crippen molar-refractivity contribution in [3.8, 4) is 0 Å². The Kier molecular flexibility index (Phi) is 5.05. The second kappa shape index (κ2) is 6.53. The fraction of sp³-hybridized carbons (Fsp3) is 0.308. The van der Waals surface area contributed by atoms with Crippen LogP contribution < -0.4 is 5.32 Å². The lowest BCUT2D eigenvalue weighted by molar-refractivity contribution is -0.142. The molecule has 1 unspecified atom stereocenters. The Hall–Kier alpha value is -2.37. The first-order valence-electron chi connectivity index (χ1n) is 5.61. The van der Waals surface area contributed by atoms with E-state index in [0.717, 1.165) is 0 Å². The fourth-order valence-electron chi connectivity index (χ4n) is 1.58. The average molecular weight is 265 g/mol. The number of nitrogens with one attached hydrogen (secondary N) is 1. The highest BCUT2D eigenvalue weighted by Crippen LogP contribution is 2.17. The van der Waals surface area contributed by atoms with Crippen molar-refractivity contribution in [1.29, 1.82) is 0 Å². The van der Waals surface area contributed by atoms with E-state index < -0.39 is 17.9 Å². The lowest BCUT2D eigenvalue weighted by atomic mass is 9.98. The number of hydrogen-bond acceptors (Lipinski definition) is 4. The van der Waals surface area contributed by atoms with Gasteiger partial charge < -0.3 is 15.2 Å². The number of carbonyl (C=O) groups excluding carboxylic acids is 2. The molecule has 0 radical (unpaired) electrons. The fourth-order valence-corrected chi connectivity index (χ4v) is 1.58. The Morgan fingerprint density at radius 3 is 2.26 bits per heavy atom. The van der Waals surface area contributed by atoms with Gasteiger partial charge in [-0.2, -0.15) is 0 Å². The number of carbonyl (C=O) groups is 3. The van der Waals surface area contributed by atoms with Crippen LogP contribution in [-0.2, 0) is 14.3 Å². The Morgan fingerprint density at radius 2 is 1.84 bits per heavy atom. The minimum absolute atomic E-state index is 0.106. The van der Waals surface area contributed by atoms with Crippen LogP contribution in [0, 0.1) is 0 Å². The zero-order valence-corrected chi connectivity index (χ0v) is 10.7. The molecule has 2 N–H and O–H groups in total. The van der Waals surface area contributed by atoms with Crippen molar-refractivity contribution < 1.29 is 24.2 Å². The van der Waals surface area contributed by atoms with Crippen molar-refractivity contribution in [3.63, 3.8) is 0 Å². The SMILES string of the molecule is COC(=O)C(CNC(C)=O)c1ccc(C(=O)O)cc1. The van der Waals surface area contributed by atoms with E-state index in [9.17, 15) is 14.4 Å².